The van der Waals surface area contributed by atoms with Crippen molar-refractivity contribution in [1.82, 2.24) is 15.0 Å². The predicted molar refractivity (Wildman–Crippen MR) is 145 cm³/mol. The van der Waals surface area contributed by atoms with E-state index in [0.717, 1.165) is 21.6 Å². The number of benzene rings is 3. The second-order valence-electron chi connectivity index (χ2n) is 7.17. The fraction of sp³-hybridized carbons (Fsp3) is 0.0417. The first-order valence-corrected chi connectivity index (χ1v) is 11.7. The summed E-state index contributed by atoms with van der Waals surface area (Å²) in [5, 5.41) is 9.31. The molecule has 0 aliphatic rings. The molecule has 0 radical (unpaired) electrons. The van der Waals surface area contributed by atoms with E-state index in [1.807, 2.05) is 36.4 Å². The number of para-hydroxylation sites is 1. The lowest BCUT2D eigenvalue weighted by Crippen LogP contribution is -2.21. The van der Waals surface area contributed by atoms with E-state index >= 15 is 0 Å². The zero-order chi connectivity index (χ0) is 25.5. The van der Waals surface area contributed by atoms with Crippen LogP contribution in [0.15, 0.2) is 77.3 Å². The molecule has 4 aromatic rings. The summed E-state index contributed by atoms with van der Waals surface area (Å²) in [5.41, 5.74) is 7.12. The number of hydrogen-bond acceptors (Lipinski definition) is 8. The van der Waals surface area contributed by atoms with Gasteiger partial charge in [-0.2, -0.15) is 15.0 Å². The Balaban J connectivity index is 1.60. The number of methoxy groups -OCH3 is 1. The molecule has 0 spiro atoms. The van der Waals surface area contributed by atoms with Gasteiger partial charge in [-0.05, 0) is 72.9 Å². The normalized spacial score (nSPS) is 10.3. The first kappa shape index (κ1) is 24.8. The molecule has 0 unspecified atom stereocenters. The number of carbonyl (C=O) groups is 1. The summed E-state index contributed by atoms with van der Waals surface area (Å²) in [6.07, 6.45) is 0. The van der Waals surface area contributed by atoms with Crippen molar-refractivity contribution in [2.45, 2.75) is 0 Å². The second-order valence-corrected chi connectivity index (χ2v) is 8.49. The molecule has 0 atom stereocenters. The molecule has 4 rings (SSSR count). The third-order valence-electron chi connectivity index (χ3n) is 4.64. The summed E-state index contributed by atoms with van der Waals surface area (Å²) in [6, 6.07) is 21.1. The van der Waals surface area contributed by atoms with Gasteiger partial charge in [0.25, 0.3) is 5.91 Å². The molecule has 0 aliphatic heterocycles. The fourth-order valence-corrected chi connectivity index (χ4v) is 3.45. The second kappa shape index (κ2) is 11.4. The topological polar surface area (TPSA) is 136 Å². The van der Waals surface area contributed by atoms with Gasteiger partial charge in [0, 0.05) is 15.8 Å². The molecule has 182 valence electrons. The van der Waals surface area contributed by atoms with Crippen LogP contribution in [0.5, 0.6) is 17.5 Å². The molecule has 12 heteroatoms. The number of halogens is 1. The number of anilines is 4. The molecular weight excluding hydrogens is 546 g/mol. The van der Waals surface area contributed by atoms with Gasteiger partial charge in [-0.3, -0.25) is 4.79 Å². The van der Waals surface area contributed by atoms with Gasteiger partial charge in [0.2, 0.25) is 11.9 Å². The number of thiocarbonyl (C=S) groups is 1. The van der Waals surface area contributed by atoms with E-state index in [4.69, 9.17) is 27.4 Å². The van der Waals surface area contributed by atoms with Gasteiger partial charge in [-0.15, -0.1) is 0 Å². The van der Waals surface area contributed by atoms with Crippen LogP contribution in [0.1, 0.15) is 10.4 Å². The molecule has 5 N–H and O–H groups in total. The molecular formula is C24H20BrN7O3S. The summed E-state index contributed by atoms with van der Waals surface area (Å²) >= 11 is 8.82. The molecule has 0 bridgehead atoms. The molecule has 1 heterocycles. The van der Waals surface area contributed by atoms with Crippen LogP contribution in [0.3, 0.4) is 0 Å². The van der Waals surface area contributed by atoms with E-state index in [1.165, 1.54) is 0 Å². The van der Waals surface area contributed by atoms with Gasteiger partial charge in [0.15, 0.2) is 5.11 Å². The molecule has 36 heavy (non-hydrogen) atoms. The molecule has 0 aliphatic carbocycles. The van der Waals surface area contributed by atoms with Crippen LogP contribution in [0.25, 0.3) is 0 Å². The maximum Gasteiger partial charge on any atom is 0.328 e. The molecule has 0 fully saturated rings. The average molecular weight is 566 g/mol. The largest absolute Gasteiger partial charge is 0.497 e. The van der Waals surface area contributed by atoms with Crippen LogP contribution in [0.4, 0.5) is 23.3 Å². The summed E-state index contributed by atoms with van der Waals surface area (Å²) in [4.78, 5) is 24.8. The minimum Gasteiger partial charge on any atom is -0.497 e. The van der Waals surface area contributed by atoms with E-state index < -0.39 is 5.91 Å². The summed E-state index contributed by atoms with van der Waals surface area (Å²) in [6.45, 7) is 0. The molecule has 0 saturated heterocycles. The van der Waals surface area contributed by atoms with Gasteiger partial charge in [0.1, 0.15) is 11.5 Å². The molecule has 1 aromatic heterocycles. The van der Waals surface area contributed by atoms with Gasteiger partial charge < -0.3 is 31.2 Å². The Labute approximate surface area is 220 Å². The van der Waals surface area contributed by atoms with E-state index in [1.54, 1.807) is 43.5 Å². The number of nitrogens with one attached hydrogen (secondary N) is 3. The Bertz CT molecular complexity index is 1390. The van der Waals surface area contributed by atoms with E-state index in [0.29, 0.717) is 0 Å². The fourth-order valence-electron chi connectivity index (χ4n) is 2.97. The highest BCUT2D eigenvalue weighted by atomic mass is 79.9. The molecule has 3 aromatic carbocycles. The summed E-state index contributed by atoms with van der Waals surface area (Å²) in [7, 11) is 1.59. The Morgan fingerprint density at radius 3 is 2.25 bits per heavy atom. The van der Waals surface area contributed by atoms with Crippen LogP contribution in [0.2, 0.25) is 0 Å². The maximum absolute atomic E-state index is 11.8. The lowest BCUT2D eigenvalue weighted by molar-refractivity contribution is 0.0998. The highest BCUT2D eigenvalue weighted by Crippen LogP contribution is 2.25. The third-order valence-corrected chi connectivity index (χ3v) is 5.38. The van der Waals surface area contributed by atoms with Gasteiger partial charge in [-0.25, -0.2) is 0 Å². The quantitative estimate of drug-likeness (QED) is 0.214. The minimum atomic E-state index is -0.643. The van der Waals surface area contributed by atoms with Crippen molar-refractivity contribution in [3.05, 3.63) is 82.8 Å². The van der Waals surface area contributed by atoms with E-state index in [2.05, 4.69) is 46.8 Å². The Kier molecular flexibility index (Phi) is 7.88. The van der Waals surface area contributed by atoms with Crippen LogP contribution >= 0.6 is 28.1 Å². The van der Waals surface area contributed by atoms with Crippen molar-refractivity contribution < 1.29 is 14.3 Å². The predicted octanol–water partition coefficient (Wildman–Crippen LogP) is 5.09. The molecule has 1 amide bonds. The lowest BCUT2D eigenvalue weighted by atomic mass is 10.2. The number of hydrogen-bond donors (Lipinski definition) is 4. The van der Waals surface area contributed by atoms with Gasteiger partial charge >= 0.3 is 6.01 Å². The Morgan fingerprint density at radius 2 is 1.56 bits per heavy atom. The number of primary amides is 1. The standard InChI is InChI=1S/C24H20BrN7O3S/c1-34-17-12-10-16(11-13-17)28-24(36)32-22-29-21(27-15-8-6-14(25)7-9-15)30-23(31-22)35-19-5-3-2-4-18(19)20(26)33/h2-13H,1H3,(H2,26,33)(H3,27,28,29,30,31,32,36). The van der Waals surface area contributed by atoms with Gasteiger partial charge in [-0.1, -0.05) is 28.1 Å². The molecule has 10 nitrogen and oxygen atoms in total. The van der Waals surface area contributed by atoms with Gasteiger partial charge in [0.05, 0.1) is 12.7 Å². The number of aromatic nitrogens is 3. The number of ether oxygens (including phenoxy) is 2. The van der Waals surface area contributed by atoms with E-state index in [-0.39, 0.29) is 34.3 Å². The zero-order valence-corrected chi connectivity index (χ0v) is 21.3. The van der Waals surface area contributed by atoms with Crippen LogP contribution in [-0.2, 0) is 0 Å². The smallest absolute Gasteiger partial charge is 0.328 e. The number of amides is 1. The lowest BCUT2D eigenvalue weighted by Gasteiger charge is -2.13. The first-order valence-electron chi connectivity index (χ1n) is 10.5. The average Bonchev–Trinajstić information content (AvgIpc) is 2.86. The SMILES string of the molecule is COc1ccc(NC(=S)Nc2nc(Nc3ccc(Br)cc3)nc(Oc3ccccc3C(N)=O)n2)cc1. The van der Waals surface area contributed by atoms with Crippen molar-refractivity contribution in [1.29, 1.82) is 0 Å². The maximum atomic E-state index is 11.8. The van der Waals surface area contributed by atoms with Crippen LogP contribution < -0.4 is 31.2 Å². The number of carbonyl (C=O) groups excluding carboxylic acids is 1. The summed E-state index contributed by atoms with van der Waals surface area (Å²) in [5.74, 6) is 0.584. The minimum absolute atomic E-state index is 0.0759. The molecule has 0 saturated carbocycles. The summed E-state index contributed by atoms with van der Waals surface area (Å²) < 4.78 is 11.9. The number of nitrogens with zero attached hydrogens (tertiary/aromatic N) is 3. The van der Waals surface area contributed by atoms with Crippen molar-refractivity contribution in [2.75, 3.05) is 23.1 Å². The highest BCUT2D eigenvalue weighted by Gasteiger charge is 2.14. The third kappa shape index (κ3) is 6.64. The number of rotatable bonds is 8. The van der Waals surface area contributed by atoms with Crippen molar-refractivity contribution in [3.8, 4) is 17.5 Å². The Morgan fingerprint density at radius 1 is 0.889 bits per heavy atom. The number of nitrogens with two attached hydrogens (primary N) is 1. The van der Waals surface area contributed by atoms with Crippen molar-refractivity contribution in [2.24, 2.45) is 5.73 Å². The van der Waals surface area contributed by atoms with Crippen molar-refractivity contribution >= 4 is 62.4 Å². The van der Waals surface area contributed by atoms with Crippen LogP contribution in [-0.4, -0.2) is 33.1 Å². The van der Waals surface area contributed by atoms with Crippen molar-refractivity contribution in [3.63, 3.8) is 0 Å². The van der Waals surface area contributed by atoms with E-state index in [9.17, 15) is 4.79 Å². The highest BCUT2D eigenvalue weighted by molar-refractivity contribution is 9.10. The van der Waals surface area contributed by atoms with Crippen LogP contribution in [0, 0.1) is 0 Å². The monoisotopic (exact) mass is 565 g/mol. The Hall–Kier alpha value is -4.29. The zero-order valence-electron chi connectivity index (χ0n) is 18.9. The first-order chi connectivity index (χ1) is 17.4.